The Morgan fingerprint density at radius 2 is 1.27 bits per heavy atom. The molecule has 0 bridgehead atoms. The van der Waals surface area contributed by atoms with Crippen LogP contribution in [0.15, 0.2) is 0 Å². The summed E-state index contributed by atoms with van der Waals surface area (Å²) in [7, 11) is 0. The Morgan fingerprint density at radius 3 is 1.67 bits per heavy atom. The second kappa shape index (κ2) is 8.15. The minimum atomic E-state index is 0.370. The van der Waals surface area contributed by atoms with Gasteiger partial charge in [-0.2, -0.15) is 0 Å². The monoisotopic (exact) mass is 213 g/mol. The molecular weight excluding hydrogens is 182 g/mol. The van der Waals surface area contributed by atoms with Crippen molar-refractivity contribution in [3.05, 3.63) is 0 Å². The highest BCUT2D eigenvalue weighted by molar-refractivity contribution is 4.66. The lowest BCUT2D eigenvalue weighted by atomic mass is 9.85. The van der Waals surface area contributed by atoms with Gasteiger partial charge in [-0.3, -0.25) is 0 Å². The Morgan fingerprint density at radius 1 is 0.800 bits per heavy atom. The van der Waals surface area contributed by atoms with Crippen LogP contribution in [0.5, 0.6) is 0 Å². The van der Waals surface area contributed by atoms with Crippen LogP contribution in [0.2, 0.25) is 0 Å². The van der Waals surface area contributed by atoms with Gasteiger partial charge in [0, 0.05) is 6.04 Å². The minimum Gasteiger partial charge on any atom is -0.328 e. The molecule has 0 heterocycles. The molecule has 0 saturated heterocycles. The van der Waals surface area contributed by atoms with Gasteiger partial charge < -0.3 is 5.73 Å². The van der Waals surface area contributed by atoms with E-state index in [1.54, 1.807) is 0 Å². The highest BCUT2D eigenvalue weighted by Gasteiger charge is 2.13. The summed E-state index contributed by atoms with van der Waals surface area (Å²) >= 11 is 0. The number of hydrogen-bond acceptors (Lipinski definition) is 1. The summed E-state index contributed by atoms with van der Waals surface area (Å²) in [5, 5.41) is 0. The van der Waals surface area contributed by atoms with Crippen molar-refractivity contribution in [2.45, 2.75) is 72.8 Å². The smallest absolute Gasteiger partial charge is 0.00105 e. The van der Waals surface area contributed by atoms with Gasteiger partial charge in [0.05, 0.1) is 0 Å². The average Bonchev–Trinajstić information content (AvgIpc) is 2.21. The Labute approximate surface area is 96.8 Å². The van der Waals surface area contributed by atoms with Gasteiger partial charge in [0.2, 0.25) is 0 Å². The highest BCUT2D eigenvalue weighted by atomic mass is 14.6. The fourth-order valence-electron chi connectivity index (χ4n) is 1.85. The summed E-state index contributed by atoms with van der Waals surface area (Å²) in [5.41, 5.74) is 5.78. The standard InChI is InChI=1S/C14H31N/c1-6-11(2)7-8-12(3)13(4)9-10-14(5)15/h11-14H,6-10,15H2,1-5H3. The van der Waals surface area contributed by atoms with E-state index in [2.05, 4.69) is 34.6 Å². The third kappa shape index (κ3) is 7.84. The first-order valence-electron chi connectivity index (χ1n) is 6.72. The van der Waals surface area contributed by atoms with Crippen LogP contribution in [-0.2, 0) is 0 Å². The molecule has 2 N–H and O–H groups in total. The zero-order valence-electron chi connectivity index (χ0n) is 11.4. The van der Waals surface area contributed by atoms with E-state index in [1.807, 2.05) is 0 Å². The maximum Gasteiger partial charge on any atom is 0.00105 e. The van der Waals surface area contributed by atoms with E-state index >= 15 is 0 Å². The fraction of sp³-hybridized carbons (Fsp3) is 1.00. The number of rotatable bonds is 8. The number of nitrogens with two attached hydrogens (primary N) is 1. The Hall–Kier alpha value is -0.0400. The molecule has 4 unspecified atom stereocenters. The molecule has 0 aliphatic rings. The zero-order chi connectivity index (χ0) is 11.8. The lowest BCUT2D eigenvalue weighted by Crippen LogP contribution is -2.18. The Bertz CT molecular complexity index is 142. The summed E-state index contributed by atoms with van der Waals surface area (Å²) in [4.78, 5) is 0. The summed E-state index contributed by atoms with van der Waals surface area (Å²) in [6, 6.07) is 0.370. The van der Waals surface area contributed by atoms with Crippen molar-refractivity contribution >= 4 is 0 Å². The van der Waals surface area contributed by atoms with Gasteiger partial charge >= 0.3 is 0 Å². The molecule has 0 amide bonds. The molecule has 0 aliphatic heterocycles. The van der Waals surface area contributed by atoms with Crippen LogP contribution in [-0.4, -0.2) is 6.04 Å². The van der Waals surface area contributed by atoms with E-state index in [0.717, 1.165) is 17.8 Å². The predicted octanol–water partition coefficient (Wildman–Crippen LogP) is 4.21. The molecular formula is C14H31N. The van der Waals surface area contributed by atoms with Crippen molar-refractivity contribution in [3.8, 4) is 0 Å². The van der Waals surface area contributed by atoms with Crippen molar-refractivity contribution in [1.82, 2.24) is 0 Å². The van der Waals surface area contributed by atoms with Gasteiger partial charge in [0.25, 0.3) is 0 Å². The molecule has 0 spiro atoms. The minimum absolute atomic E-state index is 0.370. The molecule has 0 aromatic heterocycles. The molecule has 0 rings (SSSR count). The molecule has 92 valence electrons. The van der Waals surface area contributed by atoms with E-state index in [4.69, 9.17) is 5.73 Å². The Balaban J connectivity index is 3.64. The van der Waals surface area contributed by atoms with Crippen LogP contribution in [0.3, 0.4) is 0 Å². The van der Waals surface area contributed by atoms with Gasteiger partial charge in [0.1, 0.15) is 0 Å². The second-order valence-electron chi connectivity index (χ2n) is 5.60. The quantitative estimate of drug-likeness (QED) is 0.642. The first-order chi connectivity index (χ1) is 6.97. The van der Waals surface area contributed by atoms with E-state index in [9.17, 15) is 0 Å². The van der Waals surface area contributed by atoms with Crippen molar-refractivity contribution in [1.29, 1.82) is 0 Å². The summed E-state index contributed by atoms with van der Waals surface area (Å²) in [6.45, 7) is 11.5. The molecule has 15 heavy (non-hydrogen) atoms. The number of hydrogen-bond donors (Lipinski definition) is 1. The lowest BCUT2D eigenvalue weighted by molar-refractivity contribution is 0.304. The topological polar surface area (TPSA) is 26.0 Å². The van der Waals surface area contributed by atoms with Crippen LogP contribution >= 0.6 is 0 Å². The van der Waals surface area contributed by atoms with Gasteiger partial charge in [0.15, 0.2) is 0 Å². The average molecular weight is 213 g/mol. The molecule has 1 nitrogen and oxygen atoms in total. The molecule has 0 radical (unpaired) electrons. The van der Waals surface area contributed by atoms with Gasteiger partial charge in [-0.25, -0.2) is 0 Å². The normalized spacial score (nSPS) is 19.6. The maximum atomic E-state index is 5.78. The molecule has 0 fully saturated rings. The molecule has 1 heteroatoms. The highest BCUT2D eigenvalue weighted by Crippen LogP contribution is 2.24. The predicted molar refractivity (Wildman–Crippen MR) is 69.9 cm³/mol. The van der Waals surface area contributed by atoms with Crippen LogP contribution in [0, 0.1) is 17.8 Å². The molecule has 0 aromatic rings. The van der Waals surface area contributed by atoms with Crippen molar-refractivity contribution in [3.63, 3.8) is 0 Å². The molecule has 4 atom stereocenters. The van der Waals surface area contributed by atoms with Crippen molar-refractivity contribution in [2.24, 2.45) is 23.5 Å². The SMILES string of the molecule is CCC(C)CCC(C)C(C)CCC(C)N. The molecule has 0 aliphatic carbocycles. The van der Waals surface area contributed by atoms with Gasteiger partial charge in [-0.1, -0.05) is 47.0 Å². The third-order valence-corrected chi connectivity index (χ3v) is 3.86. The van der Waals surface area contributed by atoms with E-state index < -0.39 is 0 Å². The van der Waals surface area contributed by atoms with Crippen molar-refractivity contribution < 1.29 is 0 Å². The second-order valence-corrected chi connectivity index (χ2v) is 5.60. The molecule has 0 saturated carbocycles. The van der Waals surface area contributed by atoms with Crippen molar-refractivity contribution in [2.75, 3.05) is 0 Å². The summed E-state index contributed by atoms with van der Waals surface area (Å²) < 4.78 is 0. The maximum absolute atomic E-state index is 5.78. The first kappa shape index (κ1) is 15.0. The zero-order valence-corrected chi connectivity index (χ0v) is 11.4. The fourth-order valence-corrected chi connectivity index (χ4v) is 1.85. The summed E-state index contributed by atoms with van der Waals surface area (Å²) in [5.74, 6) is 2.59. The van der Waals surface area contributed by atoms with Crippen LogP contribution < -0.4 is 5.73 Å². The summed E-state index contributed by atoms with van der Waals surface area (Å²) in [6.07, 6.45) is 6.56. The van der Waals surface area contributed by atoms with E-state index in [1.165, 1.54) is 32.1 Å². The largest absolute Gasteiger partial charge is 0.328 e. The van der Waals surface area contributed by atoms with Crippen LogP contribution in [0.4, 0.5) is 0 Å². The Kier molecular flexibility index (Phi) is 8.13. The van der Waals surface area contributed by atoms with E-state index in [0.29, 0.717) is 6.04 Å². The van der Waals surface area contributed by atoms with E-state index in [-0.39, 0.29) is 0 Å². The first-order valence-corrected chi connectivity index (χ1v) is 6.72. The van der Waals surface area contributed by atoms with Gasteiger partial charge in [-0.05, 0) is 37.5 Å². The lowest BCUT2D eigenvalue weighted by Gasteiger charge is -2.22. The van der Waals surface area contributed by atoms with Crippen LogP contribution in [0.1, 0.15) is 66.7 Å². The third-order valence-electron chi connectivity index (χ3n) is 3.86. The van der Waals surface area contributed by atoms with Crippen LogP contribution in [0.25, 0.3) is 0 Å². The van der Waals surface area contributed by atoms with Gasteiger partial charge in [-0.15, -0.1) is 0 Å². The molecule has 0 aromatic carbocycles.